The molecule has 14 heavy (non-hydrogen) atoms. The largest absolute Gasteiger partial charge is 0.444 e. The number of allylic oxidation sites excluding steroid dienone is 1. The summed E-state index contributed by atoms with van der Waals surface area (Å²) in [6.45, 7) is 5.63. The summed E-state index contributed by atoms with van der Waals surface area (Å²) in [5, 5.41) is 2.88. The van der Waals surface area contributed by atoms with Crippen LogP contribution in [0.2, 0.25) is 0 Å². The average Bonchev–Trinajstić information content (AvgIpc) is 2.71. The Morgan fingerprint density at radius 1 is 1.57 bits per heavy atom. The molecule has 1 fully saturated rings. The van der Waals surface area contributed by atoms with Crippen LogP contribution in [0.5, 0.6) is 0 Å². The lowest BCUT2D eigenvalue weighted by Gasteiger charge is -2.19. The van der Waals surface area contributed by atoms with Crippen LogP contribution in [0, 0.1) is 5.92 Å². The van der Waals surface area contributed by atoms with Crippen LogP contribution < -0.4 is 5.32 Å². The number of ether oxygens (including phenoxy) is 1. The van der Waals surface area contributed by atoms with Crippen molar-refractivity contribution >= 4 is 6.09 Å². The normalized spacial score (nSPS) is 29.2. The number of alkyl carbamates (subject to hydrolysis) is 1. The van der Waals surface area contributed by atoms with Gasteiger partial charge in [-0.25, -0.2) is 4.79 Å². The first-order valence-electron chi connectivity index (χ1n) is 5.14. The van der Waals surface area contributed by atoms with E-state index < -0.39 is 5.60 Å². The SMILES string of the molecule is CC(C)(C)OC(=O)NC1CC1C1=CC1. The fourth-order valence-electron chi connectivity index (χ4n) is 1.58. The van der Waals surface area contributed by atoms with Gasteiger partial charge in [-0.05, 0) is 33.6 Å². The molecule has 0 aliphatic heterocycles. The maximum Gasteiger partial charge on any atom is 0.407 e. The van der Waals surface area contributed by atoms with E-state index in [0.717, 1.165) is 12.8 Å². The molecule has 0 aromatic rings. The molecule has 0 aromatic carbocycles. The molecule has 1 amide bonds. The van der Waals surface area contributed by atoms with E-state index in [2.05, 4.69) is 11.4 Å². The van der Waals surface area contributed by atoms with Gasteiger partial charge in [0.25, 0.3) is 0 Å². The van der Waals surface area contributed by atoms with E-state index in [9.17, 15) is 4.79 Å². The summed E-state index contributed by atoms with van der Waals surface area (Å²) in [7, 11) is 0. The molecule has 0 heterocycles. The van der Waals surface area contributed by atoms with Crippen molar-refractivity contribution in [1.29, 1.82) is 0 Å². The van der Waals surface area contributed by atoms with Gasteiger partial charge in [-0.2, -0.15) is 0 Å². The Bertz CT molecular complexity index is 288. The first kappa shape index (κ1) is 9.56. The van der Waals surface area contributed by atoms with Gasteiger partial charge >= 0.3 is 6.09 Å². The zero-order valence-electron chi connectivity index (χ0n) is 8.96. The van der Waals surface area contributed by atoms with Crippen LogP contribution >= 0.6 is 0 Å². The van der Waals surface area contributed by atoms with Crippen LogP contribution in [0.3, 0.4) is 0 Å². The number of nitrogens with one attached hydrogen (secondary N) is 1. The van der Waals surface area contributed by atoms with Crippen LogP contribution in [-0.4, -0.2) is 17.7 Å². The summed E-state index contributed by atoms with van der Waals surface area (Å²) in [6, 6.07) is 0.332. The Morgan fingerprint density at radius 2 is 2.21 bits per heavy atom. The highest BCUT2D eigenvalue weighted by Gasteiger charge is 2.43. The number of amides is 1. The van der Waals surface area contributed by atoms with Crippen LogP contribution in [0.4, 0.5) is 4.79 Å². The minimum Gasteiger partial charge on any atom is -0.444 e. The molecule has 2 rings (SSSR count). The standard InChI is InChI=1S/C11H17NO2/c1-11(2,3)14-10(13)12-9-6-8(9)7-4-5-7/h4,8-9H,5-6H2,1-3H3,(H,12,13). The predicted molar refractivity (Wildman–Crippen MR) is 54.0 cm³/mol. The van der Waals surface area contributed by atoms with Crippen molar-refractivity contribution in [3.8, 4) is 0 Å². The quantitative estimate of drug-likeness (QED) is 0.686. The molecule has 0 radical (unpaired) electrons. The molecule has 1 saturated carbocycles. The summed E-state index contributed by atoms with van der Waals surface area (Å²) < 4.78 is 5.17. The smallest absolute Gasteiger partial charge is 0.407 e. The van der Waals surface area contributed by atoms with Crippen LogP contribution in [0.25, 0.3) is 0 Å². The van der Waals surface area contributed by atoms with Crippen LogP contribution in [0.15, 0.2) is 11.6 Å². The zero-order chi connectivity index (χ0) is 10.3. The number of carbonyl (C=O) groups excluding carboxylic acids is 1. The summed E-state index contributed by atoms with van der Waals surface area (Å²) >= 11 is 0. The lowest BCUT2D eigenvalue weighted by Crippen LogP contribution is -2.34. The minimum atomic E-state index is -0.396. The Kier molecular flexibility index (Phi) is 2.05. The zero-order valence-corrected chi connectivity index (χ0v) is 8.96. The highest BCUT2D eigenvalue weighted by atomic mass is 16.6. The van der Waals surface area contributed by atoms with Crippen molar-refractivity contribution in [2.75, 3.05) is 0 Å². The van der Waals surface area contributed by atoms with E-state index >= 15 is 0 Å². The molecule has 0 bridgehead atoms. The molecule has 3 heteroatoms. The fraction of sp³-hybridized carbons (Fsp3) is 0.727. The summed E-state index contributed by atoms with van der Waals surface area (Å²) in [5.74, 6) is 0.613. The maximum absolute atomic E-state index is 11.3. The van der Waals surface area contributed by atoms with Gasteiger partial charge in [-0.15, -0.1) is 0 Å². The Morgan fingerprint density at radius 3 is 2.71 bits per heavy atom. The Labute approximate surface area is 84.5 Å². The molecule has 0 aromatic heterocycles. The van der Waals surface area contributed by atoms with E-state index in [0.29, 0.717) is 12.0 Å². The molecule has 2 atom stereocenters. The highest BCUT2D eigenvalue weighted by Crippen LogP contribution is 2.44. The van der Waals surface area contributed by atoms with E-state index in [-0.39, 0.29) is 6.09 Å². The second-order valence-corrected chi connectivity index (χ2v) is 5.08. The van der Waals surface area contributed by atoms with Crippen molar-refractivity contribution < 1.29 is 9.53 Å². The van der Waals surface area contributed by atoms with Gasteiger partial charge < -0.3 is 10.1 Å². The van der Waals surface area contributed by atoms with Gasteiger partial charge in [-0.3, -0.25) is 0 Å². The topological polar surface area (TPSA) is 38.3 Å². The van der Waals surface area contributed by atoms with Crippen molar-refractivity contribution in [2.24, 2.45) is 5.92 Å². The van der Waals surface area contributed by atoms with Crippen molar-refractivity contribution in [2.45, 2.75) is 45.3 Å². The second-order valence-electron chi connectivity index (χ2n) is 5.08. The van der Waals surface area contributed by atoms with Gasteiger partial charge in [0.2, 0.25) is 0 Å². The third-order valence-electron chi connectivity index (χ3n) is 2.41. The number of hydrogen-bond acceptors (Lipinski definition) is 2. The maximum atomic E-state index is 11.3. The molecule has 78 valence electrons. The first-order chi connectivity index (χ1) is 6.46. The predicted octanol–water partition coefficient (Wildman–Crippen LogP) is 2.23. The number of hydrogen-bond donors (Lipinski definition) is 1. The third-order valence-corrected chi connectivity index (χ3v) is 2.41. The van der Waals surface area contributed by atoms with Crippen molar-refractivity contribution in [3.05, 3.63) is 11.6 Å². The summed E-state index contributed by atoms with van der Waals surface area (Å²) in [5.41, 5.74) is 1.11. The number of rotatable bonds is 2. The molecular formula is C11H17NO2. The Hall–Kier alpha value is -0.990. The third kappa shape index (κ3) is 2.50. The van der Waals surface area contributed by atoms with E-state index in [1.165, 1.54) is 5.57 Å². The number of carbonyl (C=O) groups is 1. The van der Waals surface area contributed by atoms with Crippen LogP contribution in [0.1, 0.15) is 33.6 Å². The molecule has 0 spiro atoms. The lowest BCUT2D eigenvalue weighted by atomic mass is 10.2. The van der Waals surface area contributed by atoms with Crippen molar-refractivity contribution in [3.63, 3.8) is 0 Å². The Balaban J connectivity index is 1.71. The highest BCUT2D eigenvalue weighted by molar-refractivity contribution is 5.69. The molecule has 2 unspecified atom stereocenters. The van der Waals surface area contributed by atoms with Crippen LogP contribution in [-0.2, 0) is 4.74 Å². The fourth-order valence-corrected chi connectivity index (χ4v) is 1.58. The van der Waals surface area contributed by atoms with Gasteiger partial charge in [0.1, 0.15) is 5.60 Å². The molecule has 2 aliphatic rings. The van der Waals surface area contributed by atoms with Gasteiger partial charge in [-0.1, -0.05) is 11.6 Å². The molecule has 2 aliphatic carbocycles. The molecule has 0 saturated heterocycles. The monoisotopic (exact) mass is 195 g/mol. The van der Waals surface area contributed by atoms with Gasteiger partial charge in [0, 0.05) is 12.0 Å². The first-order valence-corrected chi connectivity index (χ1v) is 5.14. The van der Waals surface area contributed by atoms with E-state index in [4.69, 9.17) is 4.74 Å². The van der Waals surface area contributed by atoms with E-state index in [1.54, 1.807) is 0 Å². The van der Waals surface area contributed by atoms with E-state index in [1.807, 2.05) is 20.8 Å². The van der Waals surface area contributed by atoms with Gasteiger partial charge in [0.05, 0.1) is 0 Å². The average molecular weight is 195 g/mol. The molecule has 1 N–H and O–H groups in total. The molecule has 3 nitrogen and oxygen atoms in total. The second kappa shape index (κ2) is 3.01. The minimum absolute atomic E-state index is 0.286. The molecular weight excluding hydrogens is 178 g/mol. The summed E-state index contributed by atoms with van der Waals surface area (Å²) in [4.78, 5) is 11.3. The van der Waals surface area contributed by atoms with Gasteiger partial charge in [0.15, 0.2) is 0 Å². The lowest BCUT2D eigenvalue weighted by molar-refractivity contribution is 0.0522. The van der Waals surface area contributed by atoms with Crippen molar-refractivity contribution in [1.82, 2.24) is 5.32 Å². The summed E-state index contributed by atoms with van der Waals surface area (Å²) in [6.07, 6.45) is 4.18.